The number of benzene rings is 1. The lowest BCUT2D eigenvalue weighted by molar-refractivity contribution is 0.194. The van der Waals surface area contributed by atoms with E-state index in [1.807, 2.05) is 24.3 Å². The number of hydrogen-bond donors (Lipinski definition) is 1. The van der Waals surface area contributed by atoms with Crippen molar-refractivity contribution in [2.24, 2.45) is 0 Å². The number of pyridine rings is 1. The van der Waals surface area contributed by atoms with Crippen molar-refractivity contribution in [3.63, 3.8) is 0 Å². The van der Waals surface area contributed by atoms with Crippen LogP contribution in [0.5, 0.6) is 11.6 Å². The molecule has 2 aromatic rings. The van der Waals surface area contributed by atoms with Gasteiger partial charge in [-0.1, -0.05) is 15.9 Å². The van der Waals surface area contributed by atoms with Crippen molar-refractivity contribution in [1.29, 1.82) is 0 Å². The molecule has 1 atom stereocenters. The maximum absolute atomic E-state index is 9.60. The number of rotatable bonds is 3. The third-order valence-corrected chi connectivity index (χ3v) is 2.81. The topological polar surface area (TPSA) is 42.4 Å². The predicted octanol–water partition coefficient (Wildman–Crippen LogP) is 3.69. The monoisotopic (exact) mass is 293 g/mol. The van der Waals surface area contributed by atoms with Crippen LogP contribution in [-0.4, -0.2) is 10.1 Å². The van der Waals surface area contributed by atoms with Gasteiger partial charge in [0.2, 0.25) is 5.88 Å². The summed E-state index contributed by atoms with van der Waals surface area (Å²) in [7, 11) is 0. The first-order valence-corrected chi connectivity index (χ1v) is 6.02. The minimum Gasteiger partial charge on any atom is -0.439 e. The third kappa shape index (κ3) is 3.05. The van der Waals surface area contributed by atoms with E-state index in [0.717, 1.165) is 4.47 Å². The fourth-order valence-corrected chi connectivity index (χ4v) is 1.69. The predicted molar refractivity (Wildman–Crippen MR) is 69.1 cm³/mol. The molecular weight excluding hydrogens is 282 g/mol. The van der Waals surface area contributed by atoms with Gasteiger partial charge in [-0.05, 0) is 43.3 Å². The van der Waals surface area contributed by atoms with Crippen molar-refractivity contribution in [2.45, 2.75) is 13.0 Å². The molecule has 1 N–H and O–H groups in total. The van der Waals surface area contributed by atoms with Crippen molar-refractivity contribution in [1.82, 2.24) is 4.98 Å². The number of hydrogen-bond acceptors (Lipinski definition) is 3. The summed E-state index contributed by atoms with van der Waals surface area (Å²) in [6.07, 6.45) is 1.04. The Morgan fingerprint density at radius 2 is 1.94 bits per heavy atom. The highest BCUT2D eigenvalue weighted by Crippen LogP contribution is 2.27. The SMILES string of the molecule is CC(O)c1cccnc1Oc1ccc(Br)cc1. The molecule has 1 heterocycles. The molecule has 0 aliphatic heterocycles. The Labute approximate surface area is 108 Å². The van der Waals surface area contributed by atoms with Crippen LogP contribution < -0.4 is 4.74 Å². The van der Waals surface area contributed by atoms with Gasteiger partial charge < -0.3 is 9.84 Å². The van der Waals surface area contributed by atoms with Crippen LogP contribution in [0.15, 0.2) is 47.1 Å². The molecule has 0 aliphatic rings. The van der Waals surface area contributed by atoms with Gasteiger partial charge in [0.15, 0.2) is 0 Å². The maximum atomic E-state index is 9.60. The number of aromatic nitrogens is 1. The Kier molecular flexibility index (Phi) is 3.76. The molecule has 0 saturated heterocycles. The van der Waals surface area contributed by atoms with E-state index in [0.29, 0.717) is 17.2 Å². The number of halogens is 1. The van der Waals surface area contributed by atoms with Crippen LogP contribution in [-0.2, 0) is 0 Å². The van der Waals surface area contributed by atoms with Crippen molar-refractivity contribution in [3.8, 4) is 11.6 Å². The first-order valence-electron chi connectivity index (χ1n) is 5.23. The van der Waals surface area contributed by atoms with Gasteiger partial charge in [0.1, 0.15) is 5.75 Å². The van der Waals surface area contributed by atoms with Crippen molar-refractivity contribution in [3.05, 3.63) is 52.6 Å². The highest BCUT2D eigenvalue weighted by atomic mass is 79.9. The van der Waals surface area contributed by atoms with Gasteiger partial charge in [-0.15, -0.1) is 0 Å². The zero-order valence-corrected chi connectivity index (χ0v) is 10.9. The summed E-state index contributed by atoms with van der Waals surface area (Å²) in [4.78, 5) is 4.12. The second-order valence-corrected chi connectivity index (χ2v) is 4.55. The molecule has 88 valence electrons. The quantitative estimate of drug-likeness (QED) is 0.938. The lowest BCUT2D eigenvalue weighted by Crippen LogP contribution is -1.97. The molecule has 17 heavy (non-hydrogen) atoms. The van der Waals surface area contributed by atoms with Crippen LogP contribution in [0.2, 0.25) is 0 Å². The van der Waals surface area contributed by atoms with Gasteiger partial charge >= 0.3 is 0 Å². The Morgan fingerprint density at radius 1 is 1.24 bits per heavy atom. The lowest BCUT2D eigenvalue weighted by atomic mass is 10.2. The van der Waals surface area contributed by atoms with Crippen LogP contribution in [0, 0.1) is 0 Å². The van der Waals surface area contributed by atoms with Gasteiger partial charge in [0.05, 0.1) is 6.10 Å². The average Bonchev–Trinajstić information content (AvgIpc) is 2.32. The summed E-state index contributed by atoms with van der Waals surface area (Å²) in [5.74, 6) is 1.12. The van der Waals surface area contributed by atoms with Crippen LogP contribution in [0.4, 0.5) is 0 Å². The standard InChI is InChI=1S/C13H12BrNO2/c1-9(16)12-3-2-8-15-13(12)17-11-6-4-10(14)5-7-11/h2-9,16H,1H3. The fourth-order valence-electron chi connectivity index (χ4n) is 1.42. The maximum Gasteiger partial charge on any atom is 0.225 e. The number of ether oxygens (including phenoxy) is 1. The second kappa shape index (κ2) is 5.29. The molecule has 1 aromatic carbocycles. The molecule has 0 spiro atoms. The Hall–Kier alpha value is -1.39. The summed E-state index contributed by atoms with van der Waals surface area (Å²) in [6.45, 7) is 1.69. The number of aliphatic hydroxyl groups is 1. The molecule has 1 unspecified atom stereocenters. The molecule has 0 amide bonds. The molecule has 0 fully saturated rings. The van der Waals surface area contributed by atoms with E-state index in [4.69, 9.17) is 4.74 Å². The Balaban J connectivity index is 2.26. The van der Waals surface area contributed by atoms with E-state index in [1.165, 1.54) is 0 Å². The van der Waals surface area contributed by atoms with Gasteiger partial charge in [0, 0.05) is 16.2 Å². The lowest BCUT2D eigenvalue weighted by Gasteiger charge is -2.11. The minimum atomic E-state index is -0.603. The minimum absolute atomic E-state index is 0.435. The normalized spacial score (nSPS) is 12.2. The average molecular weight is 294 g/mol. The van der Waals surface area contributed by atoms with E-state index in [-0.39, 0.29) is 0 Å². The molecule has 4 heteroatoms. The third-order valence-electron chi connectivity index (χ3n) is 2.28. The van der Waals surface area contributed by atoms with Crippen LogP contribution in [0.3, 0.4) is 0 Å². The molecule has 0 saturated carbocycles. The van der Waals surface area contributed by atoms with E-state index in [2.05, 4.69) is 20.9 Å². The van der Waals surface area contributed by atoms with Crippen molar-refractivity contribution < 1.29 is 9.84 Å². The molecule has 0 bridgehead atoms. The molecule has 0 aliphatic carbocycles. The van der Waals surface area contributed by atoms with Gasteiger partial charge in [0.25, 0.3) is 0 Å². The second-order valence-electron chi connectivity index (χ2n) is 3.63. The van der Waals surface area contributed by atoms with Crippen molar-refractivity contribution >= 4 is 15.9 Å². The van der Waals surface area contributed by atoms with Crippen LogP contribution >= 0.6 is 15.9 Å². The van der Waals surface area contributed by atoms with Crippen LogP contribution in [0.1, 0.15) is 18.6 Å². The highest BCUT2D eigenvalue weighted by Gasteiger charge is 2.10. The summed E-state index contributed by atoms with van der Waals surface area (Å²) in [5.41, 5.74) is 0.676. The molecule has 2 rings (SSSR count). The van der Waals surface area contributed by atoms with E-state index >= 15 is 0 Å². The van der Waals surface area contributed by atoms with Crippen LogP contribution in [0.25, 0.3) is 0 Å². The summed E-state index contributed by atoms with van der Waals surface area (Å²) in [6, 6.07) is 11.0. The van der Waals surface area contributed by atoms with E-state index in [9.17, 15) is 5.11 Å². The molecule has 0 radical (unpaired) electrons. The van der Waals surface area contributed by atoms with Gasteiger partial charge in [-0.25, -0.2) is 4.98 Å². The van der Waals surface area contributed by atoms with E-state index in [1.54, 1.807) is 25.3 Å². The first kappa shape index (κ1) is 12.1. The summed E-state index contributed by atoms with van der Waals surface area (Å²) < 4.78 is 6.62. The van der Waals surface area contributed by atoms with E-state index < -0.39 is 6.10 Å². The van der Waals surface area contributed by atoms with Gasteiger partial charge in [-0.2, -0.15) is 0 Å². The zero-order valence-electron chi connectivity index (χ0n) is 9.30. The number of aliphatic hydroxyl groups excluding tert-OH is 1. The first-order chi connectivity index (χ1) is 8.16. The number of nitrogens with zero attached hydrogens (tertiary/aromatic N) is 1. The Bertz CT molecular complexity index is 497. The fraction of sp³-hybridized carbons (Fsp3) is 0.154. The molecular formula is C13H12BrNO2. The summed E-state index contributed by atoms with van der Waals surface area (Å²) >= 11 is 3.36. The molecule has 3 nitrogen and oxygen atoms in total. The van der Waals surface area contributed by atoms with Crippen molar-refractivity contribution in [2.75, 3.05) is 0 Å². The molecule has 1 aromatic heterocycles. The Morgan fingerprint density at radius 3 is 2.59 bits per heavy atom. The van der Waals surface area contributed by atoms with Gasteiger partial charge in [-0.3, -0.25) is 0 Å². The largest absolute Gasteiger partial charge is 0.439 e. The highest BCUT2D eigenvalue weighted by molar-refractivity contribution is 9.10. The summed E-state index contributed by atoms with van der Waals surface area (Å²) in [5, 5.41) is 9.60. The zero-order chi connectivity index (χ0) is 12.3. The smallest absolute Gasteiger partial charge is 0.225 e.